The van der Waals surface area contributed by atoms with E-state index < -0.39 is 10.0 Å². The lowest BCUT2D eigenvalue weighted by Crippen LogP contribution is -2.33. The molecule has 5 nitrogen and oxygen atoms in total. The van der Waals surface area contributed by atoms with E-state index in [0.29, 0.717) is 24.6 Å². The molecule has 0 amide bonds. The second-order valence-electron chi connectivity index (χ2n) is 4.84. The minimum Gasteiger partial charge on any atom is -0.383 e. The number of nitrogens with zero attached hydrogens (tertiary/aromatic N) is 1. The van der Waals surface area contributed by atoms with E-state index in [-0.39, 0.29) is 6.04 Å². The third-order valence-electron chi connectivity index (χ3n) is 3.43. The van der Waals surface area contributed by atoms with Gasteiger partial charge in [0.1, 0.15) is 0 Å². The molecule has 0 bridgehead atoms. The average molecular weight is 314 g/mol. The van der Waals surface area contributed by atoms with Crippen molar-refractivity contribution in [2.24, 2.45) is 0 Å². The number of benzene rings is 1. The summed E-state index contributed by atoms with van der Waals surface area (Å²) in [6.45, 7) is 8.00. The number of sulfonamides is 1. The Morgan fingerprint density at radius 3 is 2.33 bits per heavy atom. The highest BCUT2D eigenvalue weighted by Crippen LogP contribution is 2.19. The summed E-state index contributed by atoms with van der Waals surface area (Å²) in [4.78, 5) is 0.327. The monoisotopic (exact) mass is 314 g/mol. The molecule has 0 spiro atoms. The second-order valence-corrected chi connectivity index (χ2v) is 6.78. The molecule has 6 heteroatoms. The summed E-state index contributed by atoms with van der Waals surface area (Å²) < 4.78 is 31.5. The molecular formula is C15H26N2O3S. The van der Waals surface area contributed by atoms with Gasteiger partial charge < -0.3 is 10.1 Å². The van der Waals surface area contributed by atoms with Crippen LogP contribution < -0.4 is 5.32 Å². The molecule has 1 rings (SSSR count). The summed E-state index contributed by atoms with van der Waals surface area (Å²) in [5.41, 5.74) is 1.08. The van der Waals surface area contributed by atoms with E-state index in [1.54, 1.807) is 19.2 Å². The summed E-state index contributed by atoms with van der Waals surface area (Å²) in [6.07, 6.45) is 0. The van der Waals surface area contributed by atoms with Crippen LogP contribution in [0.25, 0.3) is 0 Å². The number of hydrogen-bond acceptors (Lipinski definition) is 4. The lowest BCUT2D eigenvalue weighted by atomic mass is 10.1. The van der Waals surface area contributed by atoms with Gasteiger partial charge in [0.25, 0.3) is 0 Å². The Kier molecular flexibility index (Phi) is 7.31. The minimum atomic E-state index is -3.45. The Bertz CT molecular complexity index is 514. The molecule has 1 N–H and O–H groups in total. The number of rotatable bonds is 9. The highest BCUT2D eigenvalue weighted by molar-refractivity contribution is 7.89. The molecule has 120 valence electrons. The number of methoxy groups -OCH3 is 1. The van der Waals surface area contributed by atoms with Crippen molar-refractivity contribution in [3.63, 3.8) is 0 Å². The summed E-state index contributed by atoms with van der Waals surface area (Å²) in [6, 6.07) is 7.29. The van der Waals surface area contributed by atoms with Gasteiger partial charge in [-0.15, -0.1) is 0 Å². The van der Waals surface area contributed by atoms with Gasteiger partial charge in [0.2, 0.25) is 10.0 Å². The van der Waals surface area contributed by atoms with E-state index in [1.807, 2.05) is 26.0 Å². The molecule has 0 aliphatic rings. The first-order valence-electron chi connectivity index (χ1n) is 7.29. The summed E-state index contributed by atoms with van der Waals surface area (Å²) in [5, 5.41) is 3.31. The Labute approximate surface area is 128 Å². The van der Waals surface area contributed by atoms with Gasteiger partial charge in [-0.05, 0) is 31.2 Å². The molecule has 0 saturated heterocycles. The number of likely N-dealkylation sites (N-methyl/N-ethyl adjacent to an activating group) is 1. The van der Waals surface area contributed by atoms with Crippen LogP contribution in [0.15, 0.2) is 29.2 Å². The fourth-order valence-electron chi connectivity index (χ4n) is 2.14. The second kappa shape index (κ2) is 8.48. The first-order valence-corrected chi connectivity index (χ1v) is 8.73. The molecule has 0 aliphatic heterocycles. The van der Waals surface area contributed by atoms with Crippen molar-refractivity contribution < 1.29 is 13.2 Å². The van der Waals surface area contributed by atoms with E-state index in [0.717, 1.165) is 12.1 Å². The maximum Gasteiger partial charge on any atom is 0.243 e. The Morgan fingerprint density at radius 1 is 1.24 bits per heavy atom. The van der Waals surface area contributed by atoms with E-state index >= 15 is 0 Å². The first-order chi connectivity index (χ1) is 9.97. The van der Waals surface area contributed by atoms with Crippen molar-refractivity contribution in [1.29, 1.82) is 0 Å². The molecule has 1 aromatic carbocycles. The van der Waals surface area contributed by atoms with Gasteiger partial charge >= 0.3 is 0 Å². The van der Waals surface area contributed by atoms with Gasteiger partial charge in [0.15, 0.2) is 0 Å². The van der Waals surface area contributed by atoms with E-state index in [4.69, 9.17) is 4.74 Å². The summed E-state index contributed by atoms with van der Waals surface area (Å²) in [7, 11) is -1.88. The highest BCUT2D eigenvalue weighted by Gasteiger charge is 2.22. The van der Waals surface area contributed by atoms with Gasteiger partial charge in [-0.3, -0.25) is 0 Å². The maximum absolute atomic E-state index is 12.5. The largest absolute Gasteiger partial charge is 0.383 e. The molecular weight excluding hydrogens is 288 g/mol. The molecule has 1 unspecified atom stereocenters. The van der Waals surface area contributed by atoms with Crippen LogP contribution in [0.5, 0.6) is 0 Å². The maximum atomic E-state index is 12.5. The minimum absolute atomic E-state index is 0.211. The molecule has 21 heavy (non-hydrogen) atoms. The highest BCUT2D eigenvalue weighted by atomic mass is 32.2. The lowest BCUT2D eigenvalue weighted by molar-refractivity contribution is 0.180. The van der Waals surface area contributed by atoms with Crippen molar-refractivity contribution in [2.75, 3.05) is 33.4 Å². The van der Waals surface area contributed by atoms with Crippen LogP contribution in [0.1, 0.15) is 32.4 Å². The average Bonchev–Trinajstić information content (AvgIpc) is 2.48. The molecule has 0 saturated carbocycles. The first kappa shape index (κ1) is 18.1. The van der Waals surface area contributed by atoms with E-state index in [1.165, 1.54) is 4.31 Å². The van der Waals surface area contributed by atoms with Crippen LogP contribution in [0.4, 0.5) is 0 Å². The smallest absolute Gasteiger partial charge is 0.243 e. The Balaban J connectivity index is 2.93. The topological polar surface area (TPSA) is 58.6 Å². The molecule has 0 aliphatic carbocycles. The fraction of sp³-hybridized carbons (Fsp3) is 0.600. The van der Waals surface area contributed by atoms with Crippen LogP contribution in [0.2, 0.25) is 0 Å². The van der Waals surface area contributed by atoms with Gasteiger partial charge in [-0.1, -0.05) is 26.0 Å². The standard InChI is InChI=1S/C15H26N2O3S/c1-5-16-13(3)14-7-9-15(10-8-14)21(18,19)17(6-2)11-12-20-4/h7-10,13,16H,5-6,11-12H2,1-4H3. The van der Waals surface area contributed by atoms with Crippen LogP contribution >= 0.6 is 0 Å². The quantitative estimate of drug-likeness (QED) is 0.757. The number of nitrogens with one attached hydrogen (secondary N) is 1. The van der Waals surface area contributed by atoms with Crippen LogP contribution in [0, 0.1) is 0 Å². The predicted octanol–water partition coefficient (Wildman–Crippen LogP) is 2.01. The molecule has 0 fully saturated rings. The van der Waals surface area contributed by atoms with E-state index in [2.05, 4.69) is 12.2 Å². The van der Waals surface area contributed by atoms with Crippen molar-refractivity contribution >= 4 is 10.0 Å². The Morgan fingerprint density at radius 2 is 1.86 bits per heavy atom. The lowest BCUT2D eigenvalue weighted by Gasteiger charge is -2.20. The zero-order chi connectivity index (χ0) is 15.9. The third kappa shape index (κ3) is 4.78. The van der Waals surface area contributed by atoms with Gasteiger partial charge in [0.05, 0.1) is 11.5 Å². The van der Waals surface area contributed by atoms with Crippen molar-refractivity contribution in [3.8, 4) is 0 Å². The predicted molar refractivity (Wildman–Crippen MR) is 84.8 cm³/mol. The Hall–Kier alpha value is -0.950. The zero-order valence-corrected chi connectivity index (χ0v) is 14.1. The molecule has 0 heterocycles. The summed E-state index contributed by atoms with van der Waals surface area (Å²) >= 11 is 0. The van der Waals surface area contributed by atoms with Crippen LogP contribution in [-0.4, -0.2) is 46.1 Å². The van der Waals surface area contributed by atoms with Gasteiger partial charge in [-0.2, -0.15) is 4.31 Å². The van der Waals surface area contributed by atoms with Crippen LogP contribution in [0.3, 0.4) is 0 Å². The SMILES string of the molecule is CCNC(C)c1ccc(S(=O)(=O)N(CC)CCOC)cc1. The molecule has 0 aromatic heterocycles. The van der Waals surface area contributed by atoms with E-state index in [9.17, 15) is 8.42 Å². The fourth-order valence-corrected chi connectivity index (χ4v) is 3.58. The normalized spacial score (nSPS) is 13.6. The molecule has 1 aromatic rings. The number of ether oxygens (including phenoxy) is 1. The number of hydrogen-bond donors (Lipinski definition) is 1. The van der Waals surface area contributed by atoms with Gasteiger partial charge in [-0.25, -0.2) is 8.42 Å². The zero-order valence-electron chi connectivity index (χ0n) is 13.3. The van der Waals surface area contributed by atoms with Crippen LogP contribution in [-0.2, 0) is 14.8 Å². The summed E-state index contributed by atoms with van der Waals surface area (Å²) in [5.74, 6) is 0. The third-order valence-corrected chi connectivity index (χ3v) is 5.41. The van der Waals surface area contributed by atoms with Gasteiger partial charge in [0, 0.05) is 26.2 Å². The van der Waals surface area contributed by atoms with Crippen molar-refractivity contribution in [2.45, 2.75) is 31.7 Å². The van der Waals surface area contributed by atoms with Crippen molar-refractivity contribution in [1.82, 2.24) is 9.62 Å². The molecule has 1 atom stereocenters. The molecule has 0 radical (unpaired) electrons. The van der Waals surface area contributed by atoms with Crippen molar-refractivity contribution in [3.05, 3.63) is 29.8 Å².